The maximum atomic E-state index is 11.3. The van der Waals surface area contributed by atoms with Gasteiger partial charge in [0, 0.05) is 6.54 Å². The maximum Gasteiger partial charge on any atom is 0.240 e. The van der Waals surface area contributed by atoms with Crippen molar-refractivity contribution in [3.63, 3.8) is 0 Å². The Morgan fingerprint density at radius 1 is 1.47 bits per heavy atom. The largest absolute Gasteiger partial charge is 0.359 e. The molecule has 0 aliphatic heterocycles. The Balaban J connectivity index is 2.92. The fourth-order valence-electron chi connectivity index (χ4n) is 1.15. The first-order valence-electron chi connectivity index (χ1n) is 4.72. The van der Waals surface area contributed by atoms with Crippen molar-refractivity contribution in [2.45, 2.75) is 4.90 Å². The molecule has 7 heteroatoms. The van der Waals surface area contributed by atoms with Crippen molar-refractivity contribution in [1.29, 1.82) is 0 Å². The number of hydrogen-bond acceptors (Lipinski definition) is 3. The Labute approximate surface area is 106 Å². The van der Waals surface area contributed by atoms with E-state index in [0.717, 1.165) is 0 Å². The fourth-order valence-corrected chi connectivity index (χ4v) is 2.04. The molecular weight excluding hydrogens is 258 g/mol. The molecule has 1 rings (SSSR count). The summed E-state index contributed by atoms with van der Waals surface area (Å²) in [6.07, 6.45) is 1.64. The summed E-state index contributed by atoms with van der Waals surface area (Å²) in [5, 5.41) is 11.0. The molecule has 17 heavy (non-hydrogen) atoms. The van der Waals surface area contributed by atoms with E-state index in [2.05, 4.69) is 17.2 Å². The van der Waals surface area contributed by atoms with Crippen LogP contribution < -0.4 is 15.8 Å². The summed E-state index contributed by atoms with van der Waals surface area (Å²) in [7, 11) is -3.77. The second-order valence-electron chi connectivity index (χ2n) is 3.16. The molecule has 0 saturated heterocycles. The first-order chi connectivity index (χ1) is 7.95. The summed E-state index contributed by atoms with van der Waals surface area (Å²) < 4.78 is 22.6. The summed E-state index contributed by atoms with van der Waals surface area (Å²) in [4.78, 5) is 0.00255. The lowest BCUT2D eigenvalue weighted by Gasteiger charge is -2.11. The van der Waals surface area contributed by atoms with Crippen molar-refractivity contribution in [2.24, 2.45) is 5.14 Å². The molecule has 0 bridgehead atoms. The molecule has 1 aromatic carbocycles. The third-order valence-corrected chi connectivity index (χ3v) is 3.06. The van der Waals surface area contributed by atoms with Gasteiger partial charge in [0.15, 0.2) is 5.11 Å². The molecule has 0 aliphatic rings. The lowest BCUT2D eigenvalue weighted by Crippen LogP contribution is -2.29. The number of para-hydroxylation sites is 1. The van der Waals surface area contributed by atoms with Crippen LogP contribution in [-0.4, -0.2) is 20.1 Å². The molecule has 0 fully saturated rings. The third-order valence-electron chi connectivity index (χ3n) is 1.85. The highest BCUT2D eigenvalue weighted by atomic mass is 32.2. The Kier molecular flexibility index (Phi) is 4.62. The van der Waals surface area contributed by atoms with E-state index in [1.54, 1.807) is 24.3 Å². The van der Waals surface area contributed by atoms with Crippen molar-refractivity contribution in [3.8, 4) is 0 Å². The van der Waals surface area contributed by atoms with Gasteiger partial charge in [0.2, 0.25) is 10.0 Å². The minimum absolute atomic E-state index is 0.00255. The van der Waals surface area contributed by atoms with Crippen LogP contribution in [0.15, 0.2) is 41.8 Å². The Morgan fingerprint density at radius 3 is 2.71 bits per heavy atom. The molecule has 0 aliphatic carbocycles. The van der Waals surface area contributed by atoms with Crippen LogP contribution in [0.1, 0.15) is 0 Å². The molecular formula is C10H13N3O2S2. The van der Waals surface area contributed by atoms with Gasteiger partial charge in [0.1, 0.15) is 4.90 Å². The van der Waals surface area contributed by atoms with Gasteiger partial charge in [-0.3, -0.25) is 0 Å². The lowest BCUT2D eigenvalue weighted by molar-refractivity contribution is 0.598. The highest BCUT2D eigenvalue weighted by Crippen LogP contribution is 2.18. The van der Waals surface area contributed by atoms with Crippen LogP contribution in [0, 0.1) is 0 Å². The molecule has 1 aromatic rings. The lowest BCUT2D eigenvalue weighted by atomic mass is 10.3. The van der Waals surface area contributed by atoms with Crippen molar-refractivity contribution >= 4 is 33.0 Å². The highest BCUT2D eigenvalue weighted by molar-refractivity contribution is 7.89. The van der Waals surface area contributed by atoms with Crippen LogP contribution in [0.3, 0.4) is 0 Å². The van der Waals surface area contributed by atoms with E-state index >= 15 is 0 Å². The predicted molar refractivity (Wildman–Crippen MR) is 72.2 cm³/mol. The SMILES string of the molecule is C=CCNC(=S)Nc1ccccc1S(N)(=O)=O. The van der Waals surface area contributed by atoms with Crippen molar-refractivity contribution in [2.75, 3.05) is 11.9 Å². The normalized spacial score (nSPS) is 10.6. The number of anilines is 1. The molecule has 0 saturated carbocycles. The number of hydrogen-bond donors (Lipinski definition) is 3. The van der Waals surface area contributed by atoms with Crippen LogP contribution in [0.2, 0.25) is 0 Å². The van der Waals surface area contributed by atoms with Gasteiger partial charge in [-0.15, -0.1) is 6.58 Å². The van der Waals surface area contributed by atoms with Crippen LogP contribution in [0.5, 0.6) is 0 Å². The van der Waals surface area contributed by atoms with Crippen molar-refractivity contribution < 1.29 is 8.42 Å². The molecule has 0 atom stereocenters. The minimum atomic E-state index is -3.77. The first kappa shape index (κ1) is 13.6. The zero-order chi connectivity index (χ0) is 12.9. The second-order valence-corrected chi connectivity index (χ2v) is 5.10. The topological polar surface area (TPSA) is 84.2 Å². The predicted octanol–water partition coefficient (Wildman–Crippen LogP) is 0.806. The summed E-state index contributed by atoms with van der Waals surface area (Å²) in [6, 6.07) is 6.27. The van der Waals surface area contributed by atoms with Gasteiger partial charge in [0.25, 0.3) is 0 Å². The summed E-state index contributed by atoms with van der Waals surface area (Å²) in [5.41, 5.74) is 0.344. The fraction of sp³-hybridized carbons (Fsp3) is 0.100. The average molecular weight is 271 g/mol. The molecule has 0 amide bonds. The molecule has 0 heterocycles. The summed E-state index contributed by atoms with van der Waals surface area (Å²) in [6.45, 7) is 4.02. The zero-order valence-corrected chi connectivity index (χ0v) is 10.6. The summed E-state index contributed by atoms with van der Waals surface area (Å²) in [5.74, 6) is 0. The highest BCUT2D eigenvalue weighted by Gasteiger charge is 2.13. The number of benzene rings is 1. The van der Waals surface area contributed by atoms with Gasteiger partial charge in [-0.25, -0.2) is 13.6 Å². The average Bonchev–Trinajstić information content (AvgIpc) is 2.25. The number of nitrogens with one attached hydrogen (secondary N) is 2. The third kappa shape index (κ3) is 4.14. The molecule has 0 spiro atoms. The quantitative estimate of drug-likeness (QED) is 0.557. The molecule has 0 radical (unpaired) electrons. The van der Waals surface area contributed by atoms with Gasteiger partial charge >= 0.3 is 0 Å². The molecule has 0 unspecified atom stereocenters. The summed E-state index contributed by atoms with van der Waals surface area (Å²) >= 11 is 4.98. The number of thiocarbonyl (C=S) groups is 1. The second kappa shape index (κ2) is 5.76. The van der Waals surface area contributed by atoms with Crippen molar-refractivity contribution in [1.82, 2.24) is 5.32 Å². The molecule has 92 valence electrons. The van der Waals surface area contributed by atoms with Crippen LogP contribution >= 0.6 is 12.2 Å². The zero-order valence-electron chi connectivity index (χ0n) is 9.01. The van der Waals surface area contributed by atoms with E-state index in [1.807, 2.05) is 0 Å². The van der Waals surface area contributed by atoms with Crippen LogP contribution in [-0.2, 0) is 10.0 Å². The van der Waals surface area contributed by atoms with Gasteiger partial charge < -0.3 is 10.6 Å². The minimum Gasteiger partial charge on any atom is -0.359 e. The molecule has 4 N–H and O–H groups in total. The standard InChI is InChI=1S/C10H13N3O2S2/c1-2-7-12-10(16)13-8-5-3-4-6-9(8)17(11,14)15/h2-6H,1,7H2,(H2,11,14,15)(H2,12,13,16). The van der Waals surface area contributed by atoms with Crippen LogP contribution in [0.4, 0.5) is 5.69 Å². The van der Waals surface area contributed by atoms with E-state index in [0.29, 0.717) is 17.3 Å². The van der Waals surface area contributed by atoms with E-state index in [4.69, 9.17) is 17.4 Å². The number of sulfonamides is 1. The van der Waals surface area contributed by atoms with Gasteiger partial charge in [-0.05, 0) is 24.4 Å². The van der Waals surface area contributed by atoms with E-state index in [9.17, 15) is 8.42 Å². The van der Waals surface area contributed by atoms with Crippen LogP contribution in [0.25, 0.3) is 0 Å². The first-order valence-corrected chi connectivity index (χ1v) is 6.68. The monoisotopic (exact) mass is 271 g/mol. The van der Waals surface area contributed by atoms with Gasteiger partial charge in [-0.2, -0.15) is 0 Å². The van der Waals surface area contributed by atoms with Crippen molar-refractivity contribution in [3.05, 3.63) is 36.9 Å². The van der Waals surface area contributed by atoms with E-state index < -0.39 is 10.0 Å². The van der Waals surface area contributed by atoms with E-state index in [-0.39, 0.29) is 4.90 Å². The molecule has 0 aromatic heterocycles. The number of rotatable bonds is 4. The Bertz CT molecular complexity index is 526. The Hall–Kier alpha value is -1.44. The number of nitrogens with two attached hydrogens (primary N) is 1. The number of primary sulfonamides is 1. The maximum absolute atomic E-state index is 11.3. The molecule has 5 nitrogen and oxygen atoms in total. The van der Waals surface area contributed by atoms with Gasteiger partial charge in [-0.1, -0.05) is 18.2 Å². The van der Waals surface area contributed by atoms with Gasteiger partial charge in [0.05, 0.1) is 5.69 Å². The smallest absolute Gasteiger partial charge is 0.240 e. The Morgan fingerprint density at radius 2 is 2.12 bits per heavy atom. The van der Waals surface area contributed by atoms with E-state index in [1.165, 1.54) is 6.07 Å².